The first-order chi connectivity index (χ1) is 14.7. The van der Waals surface area contributed by atoms with E-state index in [1.54, 1.807) is 0 Å². The van der Waals surface area contributed by atoms with E-state index >= 15 is 0 Å². The highest BCUT2D eigenvalue weighted by Gasteiger charge is 2.20. The van der Waals surface area contributed by atoms with Crippen LogP contribution in [0.1, 0.15) is 11.1 Å². The van der Waals surface area contributed by atoms with E-state index in [9.17, 15) is 0 Å². The van der Waals surface area contributed by atoms with Gasteiger partial charge in [0.25, 0.3) is 0 Å². The zero-order valence-corrected chi connectivity index (χ0v) is 19.1. The molecule has 2 saturated heterocycles. The lowest BCUT2D eigenvalue weighted by Crippen LogP contribution is -2.52. The van der Waals surface area contributed by atoms with Crippen molar-refractivity contribution < 1.29 is 0 Å². The van der Waals surface area contributed by atoms with Crippen molar-refractivity contribution in [1.82, 2.24) is 20.0 Å². The lowest BCUT2D eigenvalue weighted by atomic mass is 10.1. The molecule has 2 aliphatic heterocycles. The Morgan fingerprint density at radius 2 is 1.63 bits per heavy atom. The molecule has 0 bridgehead atoms. The van der Waals surface area contributed by atoms with Gasteiger partial charge in [0.05, 0.1) is 5.00 Å². The van der Waals surface area contributed by atoms with Gasteiger partial charge in [0.15, 0.2) is 5.96 Å². The van der Waals surface area contributed by atoms with Crippen LogP contribution in [0.2, 0.25) is 0 Å². The fourth-order valence-corrected chi connectivity index (χ4v) is 4.91. The van der Waals surface area contributed by atoms with Crippen LogP contribution in [0, 0.1) is 0 Å². The molecule has 1 N–H and O–H groups in total. The fourth-order valence-electron chi connectivity index (χ4n) is 4.13. The van der Waals surface area contributed by atoms with Crippen LogP contribution in [0.4, 0.5) is 5.00 Å². The Balaban J connectivity index is 1.23. The van der Waals surface area contributed by atoms with Crippen LogP contribution in [0.3, 0.4) is 0 Å². The van der Waals surface area contributed by atoms with Crippen LogP contribution < -0.4 is 10.2 Å². The number of likely N-dealkylation sites (N-methyl/N-ethyl adjacent to an activating group) is 1. The van der Waals surface area contributed by atoms with Gasteiger partial charge in [0.1, 0.15) is 0 Å². The maximum Gasteiger partial charge on any atom is 0.194 e. The van der Waals surface area contributed by atoms with Gasteiger partial charge in [-0.15, -0.1) is 11.3 Å². The van der Waals surface area contributed by atoms with Gasteiger partial charge in [-0.05, 0) is 35.7 Å². The molecule has 0 unspecified atom stereocenters. The molecule has 0 aliphatic carbocycles. The van der Waals surface area contributed by atoms with E-state index in [0.717, 1.165) is 58.3 Å². The first-order valence-corrected chi connectivity index (χ1v) is 11.8. The fraction of sp³-hybridized carbons (Fsp3) is 0.522. The first-order valence-electron chi connectivity index (χ1n) is 10.9. The monoisotopic (exact) mass is 426 g/mol. The smallest absolute Gasteiger partial charge is 0.194 e. The Morgan fingerprint density at radius 3 is 2.27 bits per heavy atom. The van der Waals surface area contributed by atoms with Crippen molar-refractivity contribution in [3.63, 3.8) is 0 Å². The Labute approximate surface area is 184 Å². The summed E-state index contributed by atoms with van der Waals surface area (Å²) in [7, 11) is 4.09. The quantitative estimate of drug-likeness (QED) is 0.587. The number of benzene rings is 1. The maximum atomic E-state index is 4.52. The normalized spacial score (nSPS) is 19.3. The lowest BCUT2D eigenvalue weighted by Gasteiger charge is -2.37. The van der Waals surface area contributed by atoms with Gasteiger partial charge in [-0.1, -0.05) is 24.3 Å². The summed E-state index contributed by atoms with van der Waals surface area (Å²) >= 11 is 1.82. The van der Waals surface area contributed by atoms with Crippen LogP contribution in [0.15, 0.2) is 46.8 Å². The van der Waals surface area contributed by atoms with E-state index in [1.807, 2.05) is 18.4 Å². The van der Waals surface area contributed by atoms with Crippen LogP contribution >= 0.6 is 11.3 Å². The third-order valence-electron chi connectivity index (χ3n) is 6.08. The summed E-state index contributed by atoms with van der Waals surface area (Å²) in [6.45, 7) is 10.6. The molecule has 0 atom stereocenters. The Hall–Kier alpha value is -2.09. The zero-order chi connectivity index (χ0) is 20.8. The zero-order valence-electron chi connectivity index (χ0n) is 18.3. The van der Waals surface area contributed by atoms with Crippen molar-refractivity contribution in [1.29, 1.82) is 0 Å². The molecule has 0 radical (unpaired) electrons. The molecule has 7 heteroatoms. The van der Waals surface area contributed by atoms with Crippen molar-refractivity contribution in [2.75, 3.05) is 71.4 Å². The highest BCUT2D eigenvalue weighted by molar-refractivity contribution is 7.14. The summed E-state index contributed by atoms with van der Waals surface area (Å²) in [6.07, 6.45) is 0. The SMILES string of the molecule is CN=C(NCc1ccc(CN2CCN(C)CC2)cc1)N1CCN(c2cccs2)CC1. The molecule has 3 heterocycles. The van der Waals surface area contributed by atoms with Gasteiger partial charge >= 0.3 is 0 Å². The summed E-state index contributed by atoms with van der Waals surface area (Å²) in [6, 6.07) is 13.4. The minimum atomic E-state index is 0.812. The number of anilines is 1. The molecule has 0 saturated carbocycles. The second kappa shape index (κ2) is 10.3. The van der Waals surface area contributed by atoms with Gasteiger partial charge in [0, 0.05) is 72.5 Å². The number of thiophene rings is 1. The molecule has 0 spiro atoms. The third kappa shape index (κ3) is 5.53. The van der Waals surface area contributed by atoms with Gasteiger partial charge in [-0.25, -0.2) is 0 Å². The highest BCUT2D eigenvalue weighted by atomic mass is 32.1. The van der Waals surface area contributed by atoms with Crippen LogP contribution in [-0.4, -0.2) is 87.1 Å². The summed E-state index contributed by atoms with van der Waals surface area (Å²) in [5, 5.41) is 7.08. The van der Waals surface area contributed by atoms with E-state index in [4.69, 9.17) is 0 Å². The Morgan fingerprint density at radius 1 is 0.933 bits per heavy atom. The number of nitrogens with zero attached hydrogens (tertiary/aromatic N) is 5. The molecular formula is C23H34N6S. The number of piperazine rings is 2. The van der Waals surface area contributed by atoms with Crippen molar-refractivity contribution in [2.24, 2.45) is 4.99 Å². The van der Waals surface area contributed by atoms with E-state index in [1.165, 1.54) is 29.2 Å². The highest BCUT2D eigenvalue weighted by Crippen LogP contribution is 2.22. The maximum absolute atomic E-state index is 4.52. The molecule has 1 aromatic heterocycles. The lowest BCUT2D eigenvalue weighted by molar-refractivity contribution is 0.148. The first kappa shape index (κ1) is 21.2. The molecule has 30 heavy (non-hydrogen) atoms. The van der Waals surface area contributed by atoms with Gasteiger partial charge in [0.2, 0.25) is 0 Å². The largest absolute Gasteiger partial charge is 0.360 e. The topological polar surface area (TPSA) is 37.4 Å². The third-order valence-corrected chi connectivity index (χ3v) is 7.01. The minimum Gasteiger partial charge on any atom is -0.360 e. The number of guanidine groups is 1. The molecule has 2 aromatic rings. The molecule has 162 valence electrons. The molecule has 4 rings (SSSR count). The molecule has 6 nitrogen and oxygen atoms in total. The molecule has 2 aliphatic rings. The Kier molecular flexibility index (Phi) is 7.25. The average Bonchev–Trinajstić information content (AvgIpc) is 3.32. The molecule has 1 aromatic carbocycles. The molecule has 2 fully saturated rings. The average molecular weight is 427 g/mol. The standard InChI is InChI=1S/C23H34N6S/c1-24-23(29-15-13-28(14-16-29)22-4-3-17-30-22)25-18-20-5-7-21(8-6-20)19-27-11-9-26(2)10-12-27/h3-8,17H,9-16,18-19H2,1-2H3,(H,24,25). The van der Waals surface area contributed by atoms with Gasteiger partial charge in [-0.2, -0.15) is 0 Å². The van der Waals surface area contributed by atoms with Crippen LogP contribution in [-0.2, 0) is 13.1 Å². The predicted octanol–water partition coefficient (Wildman–Crippen LogP) is 2.39. The number of hydrogen-bond donors (Lipinski definition) is 1. The van der Waals surface area contributed by atoms with E-state index in [0.29, 0.717) is 0 Å². The number of aliphatic imine (C=N–C) groups is 1. The molecular weight excluding hydrogens is 392 g/mol. The van der Waals surface area contributed by atoms with Gasteiger partial charge < -0.3 is 20.0 Å². The van der Waals surface area contributed by atoms with Crippen molar-refractivity contribution in [2.45, 2.75) is 13.1 Å². The summed E-state index contributed by atoms with van der Waals surface area (Å²) in [5.74, 6) is 1.00. The number of hydrogen-bond acceptors (Lipinski definition) is 5. The second-order valence-corrected chi connectivity index (χ2v) is 9.15. The predicted molar refractivity (Wildman–Crippen MR) is 128 cm³/mol. The van der Waals surface area contributed by atoms with Gasteiger partial charge in [-0.3, -0.25) is 9.89 Å². The minimum absolute atomic E-state index is 0.812. The number of rotatable bonds is 5. The summed E-state index contributed by atoms with van der Waals surface area (Å²) in [4.78, 5) is 14.3. The van der Waals surface area contributed by atoms with Crippen LogP contribution in [0.5, 0.6) is 0 Å². The van der Waals surface area contributed by atoms with Crippen molar-refractivity contribution in [3.05, 3.63) is 52.9 Å². The van der Waals surface area contributed by atoms with Crippen molar-refractivity contribution >= 4 is 22.3 Å². The second-order valence-electron chi connectivity index (χ2n) is 8.22. The summed E-state index contributed by atoms with van der Waals surface area (Å²) in [5.41, 5.74) is 2.70. The van der Waals surface area contributed by atoms with E-state index in [-0.39, 0.29) is 0 Å². The van der Waals surface area contributed by atoms with E-state index < -0.39 is 0 Å². The van der Waals surface area contributed by atoms with Crippen LogP contribution in [0.25, 0.3) is 0 Å². The Bertz CT molecular complexity index is 788. The summed E-state index contributed by atoms with van der Waals surface area (Å²) < 4.78 is 0. The number of nitrogens with one attached hydrogen (secondary N) is 1. The van der Waals surface area contributed by atoms with E-state index in [2.05, 4.69) is 78.7 Å². The molecule has 0 amide bonds. The van der Waals surface area contributed by atoms with Crippen molar-refractivity contribution in [3.8, 4) is 0 Å².